The van der Waals surface area contributed by atoms with E-state index in [2.05, 4.69) is 5.32 Å². The number of piperidine rings is 1. The molecule has 1 amide bonds. The zero-order valence-corrected chi connectivity index (χ0v) is 12.4. The summed E-state index contributed by atoms with van der Waals surface area (Å²) in [6, 6.07) is 5.47. The van der Waals surface area contributed by atoms with Crippen LogP contribution in [0, 0.1) is 5.92 Å². The summed E-state index contributed by atoms with van der Waals surface area (Å²) in [5.41, 5.74) is 0.685. The Labute approximate surface area is 125 Å². The molecule has 5 nitrogen and oxygen atoms in total. The van der Waals surface area contributed by atoms with E-state index in [1.165, 1.54) is 6.42 Å². The highest BCUT2D eigenvalue weighted by molar-refractivity contribution is 5.95. The first-order chi connectivity index (χ1) is 10.3. The number of benzene rings is 1. The minimum absolute atomic E-state index is 0.0905. The van der Waals surface area contributed by atoms with Crippen molar-refractivity contribution >= 4 is 5.91 Å². The third kappa shape index (κ3) is 3.13. The number of hydrogen-bond donors (Lipinski definition) is 1. The summed E-state index contributed by atoms with van der Waals surface area (Å²) in [7, 11) is 1.96. The Kier molecular flexibility index (Phi) is 4.29. The molecule has 21 heavy (non-hydrogen) atoms. The van der Waals surface area contributed by atoms with E-state index in [1.807, 2.05) is 24.1 Å². The van der Waals surface area contributed by atoms with Crippen molar-refractivity contribution in [2.75, 3.05) is 39.9 Å². The van der Waals surface area contributed by atoms with Crippen molar-refractivity contribution < 1.29 is 14.3 Å². The molecule has 0 saturated carbocycles. The molecule has 114 valence electrons. The lowest BCUT2D eigenvalue weighted by Crippen LogP contribution is -2.42. The lowest BCUT2D eigenvalue weighted by Gasteiger charge is -2.33. The highest BCUT2D eigenvalue weighted by Gasteiger charge is 2.25. The van der Waals surface area contributed by atoms with Gasteiger partial charge in [0.15, 0.2) is 11.5 Å². The van der Waals surface area contributed by atoms with Crippen LogP contribution in [0.25, 0.3) is 0 Å². The summed E-state index contributed by atoms with van der Waals surface area (Å²) in [4.78, 5) is 14.6. The minimum Gasteiger partial charge on any atom is -0.486 e. The number of ether oxygens (including phenoxy) is 2. The predicted octanol–water partition coefficient (Wildman–Crippen LogP) is 1.53. The summed E-state index contributed by atoms with van der Waals surface area (Å²) in [6.45, 7) is 3.74. The maximum atomic E-state index is 12.6. The fourth-order valence-corrected chi connectivity index (χ4v) is 3.06. The number of rotatable bonds is 3. The van der Waals surface area contributed by atoms with Gasteiger partial charge >= 0.3 is 0 Å². The lowest BCUT2D eigenvalue weighted by atomic mass is 9.97. The first kappa shape index (κ1) is 14.2. The number of amides is 1. The van der Waals surface area contributed by atoms with Gasteiger partial charge in [-0.05, 0) is 50.6 Å². The molecule has 0 radical (unpaired) electrons. The van der Waals surface area contributed by atoms with Gasteiger partial charge in [0.2, 0.25) is 0 Å². The van der Waals surface area contributed by atoms with E-state index in [1.54, 1.807) is 6.07 Å². The van der Waals surface area contributed by atoms with Crippen molar-refractivity contribution in [3.63, 3.8) is 0 Å². The van der Waals surface area contributed by atoms with Crippen LogP contribution in [-0.2, 0) is 0 Å². The molecule has 0 spiro atoms. The largest absolute Gasteiger partial charge is 0.486 e. The van der Waals surface area contributed by atoms with Crippen molar-refractivity contribution in [1.29, 1.82) is 0 Å². The zero-order valence-electron chi connectivity index (χ0n) is 12.4. The highest BCUT2D eigenvalue weighted by Crippen LogP contribution is 2.31. The highest BCUT2D eigenvalue weighted by atomic mass is 16.6. The molecule has 5 heteroatoms. The average Bonchev–Trinajstić information content (AvgIpc) is 2.54. The smallest absolute Gasteiger partial charge is 0.254 e. The van der Waals surface area contributed by atoms with E-state index in [-0.39, 0.29) is 5.91 Å². The molecule has 1 atom stereocenters. The van der Waals surface area contributed by atoms with Crippen molar-refractivity contribution in [3.8, 4) is 11.5 Å². The van der Waals surface area contributed by atoms with Gasteiger partial charge < -0.3 is 19.7 Å². The Morgan fingerprint density at radius 1 is 1.33 bits per heavy atom. The number of hydrogen-bond acceptors (Lipinski definition) is 4. The monoisotopic (exact) mass is 290 g/mol. The number of carbonyl (C=O) groups excluding carboxylic acids is 1. The summed E-state index contributed by atoms with van der Waals surface area (Å²) < 4.78 is 11.1. The quantitative estimate of drug-likeness (QED) is 0.917. The Hall–Kier alpha value is -1.75. The lowest BCUT2D eigenvalue weighted by molar-refractivity contribution is 0.0673. The third-order valence-corrected chi connectivity index (χ3v) is 4.09. The zero-order chi connectivity index (χ0) is 14.7. The molecular formula is C16H22N2O3. The van der Waals surface area contributed by atoms with Crippen molar-refractivity contribution in [2.24, 2.45) is 5.92 Å². The molecule has 0 bridgehead atoms. The summed E-state index contributed by atoms with van der Waals surface area (Å²) >= 11 is 0. The Morgan fingerprint density at radius 2 is 2.14 bits per heavy atom. The van der Waals surface area contributed by atoms with Crippen LogP contribution in [0.2, 0.25) is 0 Å². The van der Waals surface area contributed by atoms with Gasteiger partial charge in [-0.3, -0.25) is 4.79 Å². The summed E-state index contributed by atoms with van der Waals surface area (Å²) in [6.07, 6.45) is 2.26. The van der Waals surface area contributed by atoms with Crippen molar-refractivity contribution in [3.05, 3.63) is 23.8 Å². The second-order valence-corrected chi connectivity index (χ2v) is 5.68. The van der Waals surface area contributed by atoms with Crippen LogP contribution in [0.4, 0.5) is 0 Å². The van der Waals surface area contributed by atoms with Gasteiger partial charge in [-0.15, -0.1) is 0 Å². The predicted molar refractivity (Wildman–Crippen MR) is 80.0 cm³/mol. The van der Waals surface area contributed by atoms with Crippen LogP contribution in [0.15, 0.2) is 18.2 Å². The second-order valence-electron chi connectivity index (χ2n) is 5.68. The summed E-state index contributed by atoms with van der Waals surface area (Å²) in [5.74, 6) is 2.04. The number of nitrogens with zero attached hydrogens (tertiary/aromatic N) is 1. The molecule has 0 aromatic heterocycles. The van der Waals surface area contributed by atoms with Crippen LogP contribution < -0.4 is 14.8 Å². The molecule has 1 saturated heterocycles. The van der Waals surface area contributed by atoms with Gasteiger partial charge in [-0.2, -0.15) is 0 Å². The molecule has 1 unspecified atom stereocenters. The van der Waals surface area contributed by atoms with Crippen molar-refractivity contribution in [2.45, 2.75) is 12.8 Å². The molecule has 1 aromatic rings. The average molecular weight is 290 g/mol. The fourth-order valence-electron chi connectivity index (χ4n) is 3.06. The molecule has 2 aliphatic heterocycles. The molecule has 1 N–H and O–H groups in total. The molecule has 1 aromatic carbocycles. The fraction of sp³-hybridized carbons (Fsp3) is 0.562. The Balaban J connectivity index is 1.72. The second kappa shape index (κ2) is 6.35. The maximum absolute atomic E-state index is 12.6. The maximum Gasteiger partial charge on any atom is 0.254 e. The Bertz CT molecular complexity index is 516. The van der Waals surface area contributed by atoms with E-state index >= 15 is 0 Å². The van der Waals surface area contributed by atoms with Gasteiger partial charge in [0, 0.05) is 18.7 Å². The summed E-state index contributed by atoms with van der Waals surface area (Å²) in [5, 5.41) is 3.20. The number of carbonyl (C=O) groups is 1. The van der Waals surface area contributed by atoms with Crippen LogP contribution in [0.5, 0.6) is 11.5 Å². The number of likely N-dealkylation sites (tertiary alicyclic amines) is 1. The molecule has 2 aliphatic rings. The standard InChI is InChI=1S/C16H22N2O3/c1-17-10-12-3-2-6-18(11-12)16(19)13-4-5-14-15(9-13)21-8-7-20-14/h4-5,9,12,17H,2-3,6-8,10-11H2,1H3. The number of fused-ring (bicyclic) bond motifs is 1. The van der Waals surface area contributed by atoms with Gasteiger partial charge in [0.25, 0.3) is 5.91 Å². The third-order valence-electron chi connectivity index (χ3n) is 4.09. The van der Waals surface area contributed by atoms with E-state index in [9.17, 15) is 4.79 Å². The molecule has 2 heterocycles. The molecule has 0 aliphatic carbocycles. The van der Waals surface area contributed by atoms with Gasteiger partial charge in [-0.1, -0.05) is 0 Å². The van der Waals surface area contributed by atoms with E-state index < -0.39 is 0 Å². The molecule has 1 fully saturated rings. The van der Waals surface area contributed by atoms with Gasteiger partial charge in [0.1, 0.15) is 13.2 Å². The first-order valence-electron chi connectivity index (χ1n) is 7.61. The van der Waals surface area contributed by atoms with E-state index in [0.29, 0.717) is 30.4 Å². The van der Waals surface area contributed by atoms with Gasteiger partial charge in [-0.25, -0.2) is 0 Å². The minimum atomic E-state index is 0.0905. The van der Waals surface area contributed by atoms with E-state index in [4.69, 9.17) is 9.47 Å². The normalized spacial score (nSPS) is 21.2. The molecular weight excluding hydrogens is 268 g/mol. The first-order valence-corrected chi connectivity index (χ1v) is 7.61. The topological polar surface area (TPSA) is 50.8 Å². The SMILES string of the molecule is CNCC1CCCN(C(=O)c2ccc3c(c2)OCCO3)C1. The van der Waals surface area contributed by atoms with E-state index in [0.717, 1.165) is 31.8 Å². The van der Waals surface area contributed by atoms with Crippen LogP contribution in [0.3, 0.4) is 0 Å². The van der Waals surface area contributed by atoms with Gasteiger partial charge in [0.05, 0.1) is 0 Å². The number of nitrogens with one attached hydrogen (secondary N) is 1. The van der Waals surface area contributed by atoms with Crippen molar-refractivity contribution in [1.82, 2.24) is 10.2 Å². The Morgan fingerprint density at radius 3 is 2.95 bits per heavy atom. The molecule has 3 rings (SSSR count). The van der Waals surface area contributed by atoms with Crippen LogP contribution in [0.1, 0.15) is 23.2 Å². The van der Waals surface area contributed by atoms with Crippen LogP contribution in [-0.4, -0.2) is 50.7 Å². The van der Waals surface area contributed by atoms with Crippen LogP contribution >= 0.6 is 0 Å².